The summed E-state index contributed by atoms with van der Waals surface area (Å²) in [7, 11) is 0. The zero-order valence-corrected chi connectivity index (χ0v) is 21.4. The van der Waals surface area contributed by atoms with Gasteiger partial charge in [0.25, 0.3) is 0 Å². The number of benzene rings is 4. The smallest absolute Gasteiger partial charge is 0.131 e. The molecule has 0 aromatic heterocycles. The summed E-state index contributed by atoms with van der Waals surface area (Å²) >= 11 is 0. The van der Waals surface area contributed by atoms with Crippen LogP contribution in [-0.2, 0) is 11.8 Å². The molecule has 0 amide bonds. The molecule has 2 heteroatoms. The topological polar surface area (TPSA) is 18.5 Å². The van der Waals surface area contributed by atoms with Crippen molar-refractivity contribution < 1.29 is 9.47 Å². The third-order valence-corrected chi connectivity index (χ3v) is 6.97. The maximum absolute atomic E-state index is 6.31. The Balaban J connectivity index is 1.98. The van der Waals surface area contributed by atoms with Gasteiger partial charge in [0.15, 0.2) is 0 Å². The first-order valence-corrected chi connectivity index (χ1v) is 12.5. The van der Waals surface area contributed by atoms with E-state index < -0.39 is 5.41 Å². The number of ether oxygens (including phenoxy) is 2. The quantitative estimate of drug-likeness (QED) is 0.231. The van der Waals surface area contributed by atoms with Gasteiger partial charge in [-0.1, -0.05) is 84.9 Å². The van der Waals surface area contributed by atoms with Gasteiger partial charge < -0.3 is 9.47 Å². The molecule has 0 spiro atoms. The molecule has 0 radical (unpaired) electrons. The Bertz CT molecular complexity index is 1350. The Morgan fingerprint density at radius 2 is 1.03 bits per heavy atom. The summed E-state index contributed by atoms with van der Waals surface area (Å²) in [5, 5.41) is 0. The van der Waals surface area contributed by atoms with Crippen molar-refractivity contribution in [2.75, 3.05) is 0 Å². The predicted octanol–water partition coefficient (Wildman–Crippen LogP) is 8.42. The van der Waals surface area contributed by atoms with Gasteiger partial charge in [0.05, 0.1) is 17.9 Å². The highest BCUT2D eigenvalue weighted by molar-refractivity contribution is 5.71. The maximum atomic E-state index is 6.31. The zero-order chi connectivity index (χ0) is 25.1. The second kappa shape index (κ2) is 9.91. The number of hydrogen-bond acceptors (Lipinski definition) is 2. The molecule has 5 rings (SSSR count). The van der Waals surface area contributed by atoms with Crippen LogP contribution in [0.15, 0.2) is 110 Å². The van der Waals surface area contributed by atoms with E-state index in [0.717, 1.165) is 40.2 Å². The van der Waals surface area contributed by atoms with Gasteiger partial charge in [-0.3, -0.25) is 0 Å². The van der Waals surface area contributed by atoms with Crippen LogP contribution in [0.1, 0.15) is 58.4 Å². The molecular formula is C34H32O2. The van der Waals surface area contributed by atoms with E-state index in [4.69, 9.17) is 9.47 Å². The number of hydrogen-bond donors (Lipinski definition) is 0. The molecule has 2 nitrogen and oxygen atoms in total. The lowest BCUT2D eigenvalue weighted by atomic mass is 9.59. The minimum absolute atomic E-state index is 0.624. The van der Waals surface area contributed by atoms with Crippen molar-refractivity contribution in [1.82, 2.24) is 0 Å². The highest BCUT2D eigenvalue weighted by Gasteiger charge is 2.47. The summed E-state index contributed by atoms with van der Waals surface area (Å²) in [5.74, 6) is 1.69. The predicted molar refractivity (Wildman–Crippen MR) is 148 cm³/mol. The minimum atomic E-state index is -0.624. The van der Waals surface area contributed by atoms with Crippen molar-refractivity contribution >= 4 is 0 Å². The molecule has 0 heterocycles. The van der Waals surface area contributed by atoms with Gasteiger partial charge in [0.1, 0.15) is 11.5 Å². The summed E-state index contributed by atoms with van der Waals surface area (Å²) in [5.41, 5.74) is 9.01. The third-order valence-electron chi connectivity index (χ3n) is 6.97. The first-order chi connectivity index (χ1) is 17.6. The molecule has 0 bridgehead atoms. The van der Waals surface area contributed by atoms with E-state index in [2.05, 4.69) is 98.8 Å². The van der Waals surface area contributed by atoms with Crippen LogP contribution in [0.3, 0.4) is 0 Å². The van der Waals surface area contributed by atoms with Crippen molar-refractivity contribution in [3.8, 4) is 11.5 Å². The number of aryl methyl sites for hydroxylation is 2. The molecule has 0 aliphatic heterocycles. The molecule has 1 aliphatic carbocycles. The van der Waals surface area contributed by atoms with Crippen LogP contribution in [0, 0.1) is 13.8 Å². The number of allylic oxidation sites excluding steroid dienone is 2. The first kappa shape index (κ1) is 23.7. The van der Waals surface area contributed by atoms with E-state index in [9.17, 15) is 0 Å². The lowest BCUT2D eigenvalue weighted by Crippen LogP contribution is -2.36. The molecule has 0 N–H and O–H groups in total. The van der Waals surface area contributed by atoms with Crippen LogP contribution in [0.4, 0.5) is 0 Å². The van der Waals surface area contributed by atoms with Crippen LogP contribution in [0.25, 0.3) is 0 Å². The Morgan fingerprint density at radius 1 is 0.583 bits per heavy atom. The fourth-order valence-corrected chi connectivity index (χ4v) is 5.51. The largest absolute Gasteiger partial charge is 0.465 e. The fourth-order valence-electron chi connectivity index (χ4n) is 5.51. The SMILES string of the molecule is CC=COc1cc(C)ccc1C1(c2ccc(C)cc2OC=CC)c2ccccc2Cc2ccccc21. The molecule has 0 saturated carbocycles. The molecule has 4 aromatic rings. The van der Waals surface area contributed by atoms with Crippen LogP contribution in [0.2, 0.25) is 0 Å². The Kier molecular flexibility index (Phi) is 6.52. The van der Waals surface area contributed by atoms with E-state index in [1.807, 2.05) is 26.0 Å². The van der Waals surface area contributed by atoms with Crippen LogP contribution in [0.5, 0.6) is 11.5 Å². The van der Waals surface area contributed by atoms with Crippen molar-refractivity contribution in [2.24, 2.45) is 0 Å². The van der Waals surface area contributed by atoms with Gasteiger partial charge in [-0.2, -0.15) is 0 Å². The monoisotopic (exact) mass is 472 g/mol. The Labute approximate surface area is 214 Å². The van der Waals surface area contributed by atoms with E-state index in [1.165, 1.54) is 22.3 Å². The molecule has 180 valence electrons. The Hall–Kier alpha value is -4.04. The first-order valence-electron chi connectivity index (χ1n) is 12.5. The lowest BCUT2D eigenvalue weighted by Gasteiger charge is -2.43. The van der Waals surface area contributed by atoms with Crippen LogP contribution >= 0.6 is 0 Å². The van der Waals surface area contributed by atoms with Gasteiger partial charge in [0.2, 0.25) is 0 Å². The zero-order valence-electron chi connectivity index (χ0n) is 21.4. The lowest BCUT2D eigenvalue weighted by molar-refractivity contribution is 0.452. The van der Waals surface area contributed by atoms with E-state index in [-0.39, 0.29) is 0 Å². The van der Waals surface area contributed by atoms with Gasteiger partial charge in [-0.25, -0.2) is 0 Å². The molecule has 0 fully saturated rings. The van der Waals surface area contributed by atoms with Gasteiger partial charge in [0, 0.05) is 11.1 Å². The molecule has 0 atom stereocenters. The summed E-state index contributed by atoms with van der Waals surface area (Å²) in [6.45, 7) is 8.15. The maximum Gasteiger partial charge on any atom is 0.131 e. The average Bonchev–Trinajstić information content (AvgIpc) is 2.90. The van der Waals surface area contributed by atoms with E-state index >= 15 is 0 Å². The summed E-state index contributed by atoms with van der Waals surface area (Å²) < 4.78 is 12.6. The molecule has 36 heavy (non-hydrogen) atoms. The molecule has 1 aliphatic rings. The molecule has 0 saturated heterocycles. The standard InChI is InChI=1S/C34H32O2/c1-5-19-35-32-21-24(3)15-17-30(32)34(31-18-16-25(4)22-33(31)36-20-6-2)28-13-9-7-11-26(28)23-27-12-8-10-14-29(27)34/h5-22H,23H2,1-4H3. The van der Waals surface area contributed by atoms with Crippen LogP contribution < -0.4 is 9.47 Å². The molecular weight excluding hydrogens is 440 g/mol. The molecule has 0 unspecified atom stereocenters. The second-order valence-corrected chi connectivity index (χ2v) is 9.41. The van der Waals surface area contributed by atoms with Gasteiger partial charge in [-0.15, -0.1) is 0 Å². The van der Waals surface area contributed by atoms with E-state index in [0.29, 0.717) is 0 Å². The van der Waals surface area contributed by atoms with Gasteiger partial charge >= 0.3 is 0 Å². The number of fused-ring (bicyclic) bond motifs is 2. The minimum Gasteiger partial charge on any atom is -0.465 e. The van der Waals surface area contributed by atoms with Crippen molar-refractivity contribution in [2.45, 2.75) is 39.5 Å². The van der Waals surface area contributed by atoms with E-state index in [1.54, 1.807) is 12.5 Å². The van der Waals surface area contributed by atoms with Crippen molar-refractivity contribution in [3.05, 3.63) is 154 Å². The third kappa shape index (κ3) is 3.93. The average molecular weight is 473 g/mol. The Morgan fingerprint density at radius 3 is 1.47 bits per heavy atom. The van der Waals surface area contributed by atoms with Crippen molar-refractivity contribution in [3.63, 3.8) is 0 Å². The summed E-state index contributed by atoms with van der Waals surface area (Å²) in [6.07, 6.45) is 8.27. The fraction of sp³-hybridized carbons (Fsp3) is 0.176. The highest BCUT2D eigenvalue weighted by atomic mass is 16.5. The second-order valence-electron chi connectivity index (χ2n) is 9.41. The number of rotatable bonds is 6. The van der Waals surface area contributed by atoms with Crippen molar-refractivity contribution in [1.29, 1.82) is 0 Å². The van der Waals surface area contributed by atoms with Crippen LogP contribution in [-0.4, -0.2) is 0 Å². The summed E-state index contributed by atoms with van der Waals surface area (Å²) in [6, 6.07) is 30.7. The summed E-state index contributed by atoms with van der Waals surface area (Å²) in [4.78, 5) is 0. The normalized spacial score (nSPS) is 14.0. The molecule has 4 aromatic carbocycles. The van der Waals surface area contributed by atoms with Gasteiger partial charge in [-0.05, 0) is 79.6 Å². The highest BCUT2D eigenvalue weighted by Crippen LogP contribution is 2.55.